The lowest BCUT2D eigenvalue weighted by Crippen LogP contribution is -2.32. The van der Waals surface area contributed by atoms with Gasteiger partial charge in [0.15, 0.2) is 5.43 Å². The highest BCUT2D eigenvalue weighted by molar-refractivity contribution is 6.31. The van der Waals surface area contributed by atoms with Gasteiger partial charge in [0.2, 0.25) is 5.76 Å². The minimum absolute atomic E-state index is 0.0267. The van der Waals surface area contributed by atoms with Crippen molar-refractivity contribution in [3.8, 4) is 0 Å². The molecule has 0 N–H and O–H groups in total. The number of rotatable bonds is 6. The van der Waals surface area contributed by atoms with Crippen molar-refractivity contribution in [2.75, 3.05) is 27.2 Å². The molecule has 1 atom stereocenters. The molecule has 0 saturated heterocycles. The molecule has 0 spiro atoms. The fourth-order valence-corrected chi connectivity index (χ4v) is 4.11. The SMILES string of the molecule is CN(C)CCCN1C(=O)c2oc3ccc(Cl)cc3c(=O)c2[C@H]1c1cccc([N+](=O)[O-])c1. The Balaban J connectivity index is 1.90. The minimum Gasteiger partial charge on any atom is -0.450 e. The predicted molar refractivity (Wildman–Crippen MR) is 117 cm³/mol. The summed E-state index contributed by atoms with van der Waals surface area (Å²) in [5, 5.41) is 12.0. The molecule has 2 heterocycles. The lowest BCUT2D eigenvalue weighted by molar-refractivity contribution is -0.384. The van der Waals surface area contributed by atoms with E-state index in [2.05, 4.69) is 0 Å². The fraction of sp³-hybridized carbons (Fsp3) is 0.273. The van der Waals surface area contributed by atoms with E-state index < -0.39 is 16.9 Å². The average Bonchev–Trinajstić information content (AvgIpc) is 3.01. The Kier molecular flexibility index (Phi) is 5.51. The molecule has 0 unspecified atom stereocenters. The van der Waals surface area contributed by atoms with E-state index in [4.69, 9.17) is 16.0 Å². The highest BCUT2D eigenvalue weighted by Gasteiger charge is 2.42. The molecule has 0 bridgehead atoms. The summed E-state index contributed by atoms with van der Waals surface area (Å²) in [5.74, 6) is -0.430. The maximum absolute atomic E-state index is 13.4. The highest BCUT2D eigenvalue weighted by atomic mass is 35.5. The zero-order valence-electron chi connectivity index (χ0n) is 17.0. The van der Waals surface area contributed by atoms with Crippen LogP contribution < -0.4 is 5.43 Å². The molecule has 1 aliphatic rings. The number of nitro groups is 1. The maximum atomic E-state index is 13.4. The first-order valence-corrected chi connectivity index (χ1v) is 10.1. The smallest absolute Gasteiger partial charge is 0.290 e. The summed E-state index contributed by atoms with van der Waals surface area (Å²) in [6.45, 7) is 1.10. The van der Waals surface area contributed by atoms with Gasteiger partial charge in [0, 0.05) is 23.7 Å². The van der Waals surface area contributed by atoms with Gasteiger partial charge in [-0.3, -0.25) is 19.7 Å². The van der Waals surface area contributed by atoms with E-state index in [0.717, 1.165) is 6.54 Å². The number of nitro benzene ring substituents is 1. The highest BCUT2D eigenvalue weighted by Crippen LogP contribution is 2.39. The van der Waals surface area contributed by atoms with Crippen LogP contribution in [0.4, 0.5) is 5.69 Å². The molecule has 1 aromatic heterocycles. The van der Waals surface area contributed by atoms with E-state index in [9.17, 15) is 19.7 Å². The third-order valence-corrected chi connectivity index (χ3v) is 5.56. The topological polar surface area (TPSA) is 96.9 Å². The molecule has 160 valence electrons. The van der Waals surface area contributed by atoms with Crippen molar-refractivity contribution in [1.29, 1.82) is 0 Å². The molecule has 0 fully saturated rings. The van der Waals surface area contributed by atoms with Crippen LogP contribution in [-0.4, -0.2) is 47.8 Å². The monoisotopic (exact) mass is 441 g/mol. The zero-order valence-corrected chi connectivity index (χ0v) is 17.8. The molecule has 1 amide bonds. The van der Waals surface area contributed by atoms with Crippen molar-refractivity contribution in [2.45, 2.75) is 12.5 Å². The van der Waals surface area contributed by atoms with Crippen LogP contribution in [0.5, 0.6) is 0 Å². The van der Waals surface area contributed by atoms with Gasteiger partial charge in [-0.2, -0.15) is 0 Å². The van der Waals surface area contributed by atoms with Crippen molar-refractivity contribution >= 4 is 34.2 Å². The minimum atomic E-state index is -0.774. The van der Waals surface area contributed by atoms with Crippen LogP contribution in [0.25, 0.3) is 11.0 Å². The second kappa shape index (κ2) is 8.13. The van der Waals surface area contributed by atoms with E-state index in [1.807, 2.05) is 19.0 Å². The maximum Gasteiger partial charge on any atom is 0.290 e. The Labute approximate surface area is 182 Å². The summed E-state index contributed by atoms with van der Waals surface area (Å²) < 4.78 is 5.85. The Morgan fingerprint density at radius 1 is 1.19 bits per heavy atom. The Hall–Kier alpha value is -3.23. The van der Waals surface area contributed by atoms with Crippen LogP contribution in [0.15, 0.2) is 51.7 Å². The van der Waals surface area contributed by atoms with Crippen molar-refractivity contribution in [3.63, 3.8) is 0 Å². The zero-order chi connectivity index (χ0) is 22.3. The Bertz CT molecular complexity index is 1250. The molecule has 9 heteroatoms. The van der Waals surface area contributed by atoms with E-state index in [1.165, 1.54) is 18.2 Å². The van der Waals surface area contributed by atoms with Crippen molar-refractivity contribution in [3.05, 3.63) is 84.7 Å². The predicted octanol–water partition coefficient (Wildman–Crippen LogP) is 3.85. The fourth-order valence-electron chi connectivity index (χ4n) is 3.94. The van der Waals surface area contributed by atoms with Crippen LogP contribution >= 0.6 is 11.6 Å². The quantitative estimate of drug-likeness (QED) is 0.425. The third kappa shape index (κ3) is 3.80. The standard InChI is InChI=1S/C22H20ClN3O5/c1-24(2)9-4-10-25-19(13-5-3-6-15(11-13)26(29)30)18-20(27)16-12-14(23)7-8-17(16)31-21(18)22(25)28/h3,5-8,11-12,19H,4,9-10H2,1-2H3/t19-/m1/s1. The lowest BCUT2D eigenvalue weighted by Gasteiger charge is -2.25. The molecule has 3 aromatic rings. The Morgan fingerprint density at radius 3 is 2.68 bits per heavy atom. The van der Waals surface area contributed by atoms with Gasteiger partial charge >= 0.3 is 0 Å². The molecule has 0 aliphatic carbocycles. The van der Waals surface area contributed by atoms with Gasteiger partial charge in [-0.25, -0.2) is 0 Å². The number of benzene rings is 2. The van der Waals surface area contributed by atoms with Crippen molar-refractivity contribution in [1.82, 2.24) is 9.80 Å². The Morgan fingerprint density at radius 2 is 1.97 bits per heavy atom. The summed E-state index contributed by atoms with van der Waals surface area (Å²) in [6, 6.07) is 9.88. The van der Waals surface area contributed by atoms with Gasteiger partial charge in [0.25, 0.3) is 11.6 Å². The lowest BCUT2D eigenvalue weighted by atomic mass is 9.98. The number of hydrogen-bond donors (Lipinski definition) is 0. The molecule has 0 radical (unpaired) electrons. The normalized spacial score (nSPS) is 15.7. The molecular formula is C22H20ClN3O5. The van der Waals surface area contributed by atoms with Crippen LogP contribution in [0, 0.1) is 10.1 Å². The van der Waals surface area contributed by atoms with E-state index >= 15 is 0 Å². The number of non-ortho nitro benzene ring substituents is 1. The van der Waals surface area contributed by atoms with Gasteiger partial charge in [-0.1, -0.05) is 23.7 Å². The van der Waals surface area contributed by atoms with Crippen LogP contribution in [-0.2, 0) is 0 Å². The largest absolute Gasteiger partial charge is 0.450 e. The molecule has 8 nitrogen and oxygen atoms in total. The number of amides is 1. The number of nitrogens with zero attached hydrogens (tertiary/aromatic N) is 3. The number of carbonyl (C=O) groups excluding carboxylic acids is 1. The van der Waals surface area contributed by atoms with Gasteiger partial charge in [0.1, 0.15) is 5.58 Å². The van der Waals surface area contributed by atoms with Crippen LogP contribution in [0.2, 0.25) is 5.02 Å². The van der Waals surface area contributed by atoms with E-state index in [-0.39, 0.29) is 33.4 Å². The number of hydrogen-bond acceptors (Lipinski definition) is 6. The molecule has 0 saturated carbocycles. The summed E-state index contributed by atoms with van der Waals surface area (Å²) >= 11 is 6.07. The summed E-state index contributed by atoms with van der Waals surface area (Å²) in [6.07, 6.45) is 0.664. The first-order valence-electron chi connectivity index (χ1n) is 9.74. The summed E-state index contributed by atoms with van der Waals surface area (Å²) in [7, 11) is 3.86. The van der Waals surface area contributed by atoms with Gasteiger partial charge in [0.05, 0.1) is 21.9 Å². The average molecular weight is 442 g/mol. The summed E-state index contributed by atoms with van der Waals surface area (Å²) in [5.41, 5.74) is 0.470. The molecule has 4 rings (SSSR count). The summed E-state index contributed by atoms with van der Waals surface area (Å²) in [4.78, 5) is 41.0. The van der Waals surface area contributed by atoms with Gasteiger partial charge < -0.3 is 14.2 Å². The molecular weight excluding hydrogens is 422 g/mol. The van der Waals surface area contributed by atoms with Crippen molar-refractivity contribution < 1.29 is 14.1 Å². The number of fused-ring (bicyclic) bond motifs is 2. The first kappa shape index (κ1) is 21.0. The van der Waals surface area contributed by atoms with Crippen LogP contribution in [0.1, 0.15) is 34.1 Å². The van der Waals surface area contributed by atoms with E-state index in [1.54, 1.807) is 29.2 Å². The second-order valence-electron chi connectivity index (χ2n) is 7.72. The van der Waals surface area contributed by atoms with Gasteiger partial charge in [-0.05, 0) is 50.8 Å². The van der Waals surface area contributed by atoms with Crippen LogP contribution in [0.3, 0.4) is 0 Å². The second-order valence-corrected chi connectivity index (χ2v) is 8.16. The number of carbonyl (C=O) groups is 1. The van der Waals surface area contributed by atoms with Gasteiger partial charge in [-0.15, -0.1) is 0 Å². The molecule has 1 aliphatic heterocycles. The first-order chi connectivity index (χ1) is 14.8. The molecule has 2 aromatic carbocycles. The molecule has 31 heavy (non-hydrogen) atoms. The number of halogens is 1. The van der Waals surface area contributed by atoms with Crippen molar-refractivity contribution in [2.24, 2.45) is 0 Å². The third-order valence-electron chi connectivity index (χ3n) is 5.33. The van der Waals surface area contributed by atoms with E-state index in [0.29, 0.717) is 23.6 Å².